The standard InChI is InChI=1S/C17H18ClN3S/c18-15-7-4-8-16(11-15)21-13-20(12-19-17(21)22)10-9-14-5-2-1-3-6-14/h1-8,11H,9-10,12-13H2,(H,19,22)/p+1. The van der Waals surface area contributed by atoms with E-state index in [0.717, 1.165) is 42.1 Å². The average Bonchev–Trinajstić information content (AvgIpc) is 2.55. The maximum absolute atomic E-state index is 6.09. The summed E-state index contributed by atoms with van der Waals surface area (Å²) in [6.07, 6.45) is 1.06. The highest BCUT2D eigenvalue weighted by Gasteiger charge is 2.24. The molecule has 0 aromatic heterocycles. The van der Waals surface area contributed by atoms with Gasteiger partial charge in [0.15, 0.2) is 18.4 Å². The molecule has 0 spiro atoms. The fourth-order valence-electron chi connectivity index (χ4n) is 2.63. The SMILES string of the molecule is S=C1NC[NH+](CCc2ccccc2)CN1c1cccc(Cl)c1. The third-order valence-electron chi connectivity index (χ3n) is 3.85. The molecule has 114 valence electrons. The predicted molar refractivity (Wildman–Crippen MR) is 95.4 cm³/mol. The molecule has 3 rings (SSSR count). The van der Waals surface area contributed by atoms with E-state index in [-0.39, 0.29) is 0 Å². The molecule has 1 saturated heterocycles. The molecule has 3 nitrogen and oxygen atoms in total. The van der Waals surface area contributed by atoms with E-state index in [1.807, 2.05) is 24.3 Å². The Balaban J connectivity index is 1.64. The Kier molecular flexibility index (Phi) is 4.93. The highest BCUT2D eigenvalue weighted by molar-refractivity contribution is 7.80. The van der Waals surface area contributed by atoms with Crippen LogP contribution in [0.15, 0.2) is 54.6 Å². The maximum Gasteiger partial charge on any atom is 0.182 e. The van der Waals surface area contributed by atoms with Crippen LogP contribution >= 0.6 is 23.8 Å². The molecular formula is C17H19ClN3S+. The number of thiocarbonyl (C=S) groups is 1. The Morgan fingerprint density at radius 2 is 1.95 bits per heavy atom. The summed E-state index contributed by atoms with van der Waals surface area (Å²) in [5.74, 6) is 0. The largest absolute Gasteiger partial charge is 0.315 e. The summed E-state index contributed by atoms with van der Waals surface area (Å²) >= 11 is 11.5. The molecule has 0 bridgehead atoms. The smallest absolute Gasteiger partial charge is 0.182 e. The predicted octanol–water partition coefficient (Wildman–Crippen LogP) is 2.08. The lowest BCUT2D eigenvalue weighted by Gasteiger charge is -2.35. The highest BCUT2D eigenvalue weighted by atomic mass is 35.5. The minimum absolute atomic E-state index is 0.733. The Bertz CT molecular complexity index is 647. The number of nitrogens with one attached hydrogen (secondary N) is 2. The van der Waals surface area contributed by atoms with Gasteiger partial charge in [0.25, 0.3) is 0 Å². The summed E-state index contributed by atoms with van der Waals surface area (Å²) < 4.78 is 0. The van der Waals surface area contributed by atoms with E-state index in [4.69, 9.17) is 23.8 Å². The molecular weight excluding hydrogens is 314 g/mol. The van der Waals surface area contributed by atoms with Crippen molar-refractivity contribution in [2.75, 3.05) is 24.8 Å². The fourth-order valence-corrected chi connectivity index (χ4v) is 3.06. The number of rotatable bonds is 4. The lowest BCUT2D eigenvalue weighted by atomic mass is 10.1. The number of benzene rings is 2. The van der Waals surface area contributed by atoms with E-state index in [0.29, 0.717) is 0 Å². The molecule has 1 aliphatic rings. The van der Waals surface area contributed by atoms with Gasteiger partial charge in [-0.1, -0.05) is 48.0 Å². The van der Waals surface area contributed by atoms with E-state index < -0.39 is 0 Å². The van der Waals surface area contributed by atoms with Gasteiger partial charge >= 0.3 is 0 Å². The Morgan fingerprint density at radius 3 is 2.73 bits per heavy atom. The van der Waals surface area contributed by atoms with E-state index in [2.05, 4.69) is 40.5 Å². The zero-order valence-electron chi connectivity index (χ0n) is 12.3. The molecule has 1 fully saturated rings. The molecule has 1 aliphatic heterocycles. The van der Waals surface area contributed by atoms with Gasteiger partial charge in [-0.15, -0.1) is 0 Å². The summed E-state index contributed by atoms with van der Waals surface area (Å²) in [5, 5.41) is 4.82. The molecule has 0 aliphatic carbocycles. The lowest BCUT2D eigenvalue weighted by Crippen LogP contribution is -3.17. The van der Waals surface area contributed by atoms with Crippen molar-refractivity contribution in [1.29, 1.82) is 0 Å². The molecule has 22 heavy (non-hydrogen) atoms. The summed E-state index contributed by atoms with van der Waals surface area (Å²) in [5.41, 5.74) is 2.42. The Labute approximate surface area is 141 Å². The van der Waals surface area contributed by atoms with Gasteiger partial charge in [0.2, 0.25) is 0 Å². The minimum atomic E-state index is 0.733. The Hall–Kier alpha value is -1.62. The third-order valence-corrected chi connectivity index (χ3v) is 4.45. The number of nitrogens with zero attached hydrogens (tertiary/aromatic N) is 1. The lowest BCUT2D eigenvalue weighted by molar-refractivity contribution is -0.902. The van der Waals surface area contributed by atoms with Crippen molar-refractivity contribution < 1.29 is 4.90 Å². The van der Waals surface area contributed by atoms with E-state index in [9.17, 15) is 0 Å². The molecule has 1 heterocycles. The second kappa shape index (κ2) is 7.09. The normalized spacial score (nSPS) is 18.1. The van der Waals surface area contributed by atoms with Crippen LogP contribution in [0.25, 0.3) is 0 Å². The van der Waals surface area contributed by atoms with Crippen molar-refractivity contribution in [3.8, 4) is 0 Å². The van der Waals surface area contributed by atoms with Crippen LogP contribution in [0, 0.1) is 0 Å². The molecule has 2 aromatic carbocycles. The van der Waals surface area contributed by atoms with Crippen LogP contribution in [0.2, 0.25) is 5.02 Å². The van der Waals surface area contributed by atoms with Crippen LogP contribution < -0.4 is 15.1 Å². The van der Waals surface area contributed by atoms with Gasteiger partial charge < -0.3 is 10.2 Å². The van der Waals surface area contributed by atoms with E-state index in [1.165, 1.54) is 10.5 Å². The van der Waals surface area contributed by atoms with Crippen molar-refractivity contribution in [1.82, 2.24) is 5.32 Å². The highest BCUT2D eigenvalue weighted by Crippen LogP contribution is 2.19. The molecule has 1 atom stereocenters. The molecule has 0 amide bonds. The summed E-state index contributed by atoms with van der Waals surface area (Å²) in [6, 6.07) is 18.4. The number of anilines is 1. The molecule has 0 saturated carbocycles. The van der Waals surface area contributed by atoms with Crippen molar-refractivity contribution >= 4 is 34.6 Å². The Morgan fingerprint density at radius 1 is 1.14 bits per heavy atom. The first-order chi connectivity index (χ1) is 10.7. The van der Waals surface area contributed by atoms with Gasteiger partial charge in [0.05, 0.1) is 12.2 Å². The molecule has 1 unspecified atom stereocenters. The summed E-state index contributed by atoms with van der Waals surface area (Å²) in [4.78, 5) is 3.57. The first-order valence-corrected chi connectivity index (χ1v) is 8.19. The van der Waals surface area contributed by atoms with Crippen LogP contribution in [0.3, 0.4) is 0 Å². The quantitative estimate of drug-likeness (QED) is 0.836. The fraction of sp³-hybridized carbons (Fsp3) is 0.235. The number of hydrogen-bond donors (Lipinski definition) is 2. The average molecular weight is 333 g/mol. The zero-order valence-corrected chi connectivity index (χ0v) is 13.8. The topological polar surface area (TPSA) is 19.7 Å². The van der Waals surface area contributed by atoms with Crippen LogP contribution in [0.4, 0.5) is 5.69 Å². The van der Waals surface area contributed by atoms with Gasteiger partial charge in [-0.2, -0.15) is 0 Å². The first-order valence-electron chi connectivity index (χ1n) is 7.41. The van der Waals surface area contributed by atoms with Gasteiger partial charge in [0.1, 0.15) is 0 Å². The van der Waals surface area contributed by atoms with Crippen molar-refractivity contribution in [2.45, 2.75) is 6.42 Å². The van der Waals surface area contributed by atoms with Crippen LogP contribution in [0.5, 0.6) is 0 Å². The molecule has 2 N–H and O–H groups in total. The second-order valence-corrected chi connectivity index (χ2v) is 6.28. The van der Waals surface area contributed by atoms with Gasteiger partial charge in [-0.05, 0) is 36.0 Å². The van der Waals surface area contributed by atoms with E-state index in [1.54, 1.807) is 0 Å². The van der Waals surface area contributed by atoms with Crippen LogP contribution in [-0.2, 0) is 6.42 Å². The number of hydrogen-bond acceptors (Lipinski definition) is 1. The number of halogens is 1. The summed E-state index contributed by atoms with van der Waals surface area (Å²) in [7, 11) is 0. The first kappa shape index (κ1) is 15.3. The molecule has 5 heteroatoms. The van der Waals surface area contributed by atoms with Gasteiger partial charge in [-0.3, -0.25) is 4.90 Å². The van der Waals surface area contributed by atoms with Crippen molar-refractivity contribution in [3.63, 3.8) is 0 Å². The maximum atomic E-state index is 6.09. The second-order valence-electron chi connectivity index (χ2n) is 5.46. The van der Waals surface area contributed by atoms with Crippen molar-refractivity contribution in [3.05, 3.63) is 65.2 Å². The van der Waals surface area contributed by atoms with Crippen LogP contribution in [-0.4, -0.2) is 25.0 Å². The summed E-state index contributed by atoms with van der Waals surface area (Å²) in [6.45, 7) is 2.79. The minimum Gasteiger partial charge on any atom is -0.315 e. The van der Waals surface area contributed by atoms with Crippen molar-refractivity contribution in [2.24, 2.45) is 0 Å². The zero-order chi connectivity index (χ0) is 15.4. The molecule has 2 aromatic rings. The monoisotopic (exact) mass is 332 g/mol. The van der Waals surface area contributed by atoms with Gasteiger partial charge in [0, 0.05) is 11.4 Å². The number of quaternary nitrogens is 1. The van der Waals surface area contributed by atoms with E-state index >= 15 is 0 Å². The van der Waals surface area contributed by atoms with Crippen LogP contribution in [0.1, 0.15) is 5.56 Å². The molecule has 0 radical (unpaired) electrons. The third kappa shape index (κ3) is 3.77. The van der Waals surface area contributed by atoms with Gasteiger partial charge in [-0.25, -0.2) is 0 Å².